The van der Waals surface area contributed by atoms with E-state index >= 15 is 0 Å². The molecule has 28 heavy (non-hydrogen) atoms. The fourth-order valence-corrected chi connectivity index (χ4v) is 3.33. The highest BCUT2D eigenvalue weighted by Crippen LogP contribution is 2.27. The minimum atomic E-state index is -0.658. The Morgan fingerprint density at radius 1 is 1.18 bits per heavy atom. The molecule has 1 aromatic rings. The van der Waals surface area contributed by atoms with Crippen LogP contribution in [-0.4, -0.2) is 55.6 Å². The Morgan fingerprint density at radius 2 is 1.86 bits per heavy atom. The van der Waals surface area contributed by atoms with Gasteiger partial charge in [0.05, 0.1) is 16.1 Å². The molecule has 1 fully saturated rings. The molecule has 2 rings (SSSR count). The van der Waals surface area contributed by atoms with Gasteiger partial charge in [-0.1, -0.05) is 37.0 Å². The molecule has 9 heteroatoms. The minimum Gasteiger partial charge on any atom is -0.368 e. The van der Waals surface area contributed by atoms with Crippen molar-refractivity contribution in [1.29, 1.82) is 5.26 Å². The maximum Gasteiger partial charge on any atom is 0.318 e. The van der Waals surface area contributed by atoms with Crippen LogP contribution in [0, 0.1) is 17.2 Å². The zero-order chi connectivity index (χ0) is 20.7. The van der Waals surface area contributed by atoms with Gasteiger partial charge in [0.1, 0.15) is 12.6 Å². The summed E-state index contributed by atoms with van der Waals surface area (Å²) in [5.41, 5.74) is 0.961. The number of carbonyl (C=O) groups excluding carboxylic acids is 2. The van der Waals surface area contributed by atoms with Gasteiger partial charge in [0.25, 0.3) is 0 Å². The first-order chi connectivity index (χ1) is 13.3. The summed E-state index contributed by atoms with van der Waals surface area (Å²) in [7, 11) is 0. The highest BCUT2D eigenvalue weighted by atomic mass is 35.5. The van der Waals surface area contributed by atoms with Gasteiger partial charge in [-0.05, 0) is 30.5 Å². The summed E-state index contributed by atoms with van der Waals surface area (Å²) >= 11 is 12.0. The molecule has 7 nitrogen and oxygen atoms in total. The van der Waals surface area contributed by atoms with Crippen molar-refractivity contribution < 1.29 is 9.59 Å². The lowest BCUT2D eigenvalue weighted by atomic mass is 10.0. The van der Waals surface area contributed by atoms with E-state index in [2.05, 4.69) is 15.5 Å². The minimum absolute atomic E-state index is 0.0778. The first-order valence-corrected chi connectivity index (χ1v) is 9.97. The average molecular weight is 426 g/mol. The highest BCUT2D eigenvalue weighted by molar-refractivity contribution is 6.42. The maximum atomic E-state index is 12.6. The van der Waals surface area contributed by atoms with Crippen LogP contribution in [0.4, 0.5) is 10.5 Å². The number of nitrogens with zero attached hydrogens (tertiary/aromatic N) is 3. The number of rotatable bonds is 6. The molecule has 0 unspecified atom stereocenters. The van der Waals surface area contributed by atoms with Crippen molar-refractivity contribution in [1.82, 2.24) is 15.5 Å². The lowest BCUT2D eigenvalue weighted by Gasteiger charge is -2.36. The first-order valence-electron chi connectivity index (χ1n) is 9.22. The van der Waals surface area contributed by atoms with Crippen LogP contribution < -0.4 is 15.5 Å². The predicted molar refractivity (Wildman–Crippen MR) is 111 cm³/mol. The number of carbonyl (C=O) groups is 2. The number of hydrogen-bond acceptors (Lipinski definition) is 4. The van der Waals surface area contributed by atoms with E-state index in [1.807, 2.05) is 32.0 Å². The van der Waals surface area contributed by atoms with Gasteiger partial charge >= 0.3 is 6.03 Å². The summed E-state index contributed by atoms with van der Waals surface area (Å²) in [6, 6.07) is 6.42. The Balaban J connectivity index is 1.92. The smallest absolute Gasteiger partial charge is 0.318 e. The summed E-state index contributed by atoms with van der Waals surface area (Å²) in [5, 5.41) is 15.0. The maximum absolute atomic E-state index is 12.6. The van der Waals surface area contributed by atoms with Crippen molar-refractivity contribution in [3.63, 3.8) is 0 Å². The topological polar surface area (TPSA) is 88.5 Å². The summed E-state index contributed by atoms with van der Waals surface area (Å²) in [5.74, 6) is -0.109. The van der Waals surface area contributed by atoms with Crippen molar-refractivity contribution in [3.05, 3.63) is 28.2 Å². The molecule has 0 bridgehead atoms. The molecule has 3 amide bonds. The second-order valence-corrected chi connectivity index (χ2v) is 7.89. The number of urea groups is 1. The summed E-state index contributed by atoms with van der Waals surface area (Å²) in [6.45, 7) is 6.24. The van der Waals surface area contributed by atoms with E-state index in [0.29, 0.717) is 42.6 Å². The van der Waals surface area contributed by atoms with Crippen LogP contribution in [0.1, 0.15) is 20.3 Å². The fraction of sp³-hybridized carbons (Fsp3) is 0.526. The SMILES string of the molecule is CC(C)C[C@H](NC(=O)N1CCN(c2ccc(Cl)c(Cl)c2)CC1)C(=O)NCC#N. The highest BCUT2D eigenvalue weighted by Gasteiger charge is 2.26. The zero-order valence-electron chi connectivity index (χ0n) is 16.0. The molecule has 0 saturated carbocycles. The van der Waals surface area contributed by atoms with Gasteiger partial charge < -0.3 is 20.4 Å². The molecule has 0 aromatic heterocycles. The Kier molecular flexibility index (Phi) is 8.21. The van der Waals surface area contributed by atoms with E-state index in [9.17, 15) is 9.59 Å². The average Bonchev–Trinajstić information content (AvgIpc) is 2.67. The molecule has 0 radical (unpaired) electrons. The van der Waals surface area contributed by atoms with Gasteiger partial charge in [-0.2, -0.15) is 5.26 Å². The van der Waals surface area contributed by atoms with E-state index in [-0.39, 0.29) is 24.4 Å². The summed E-state index contributed by atoms with van der Waals surface area (Å²) < 4.78 is 0. The lowest BCUT2D eigenvalue weighted by molar-refractivity contribution is -0.123. The molecular formula is C19H25Cl2N5O2. The fourth-order valence-electron chi connectivity index (χ4n) is 3.04. The second-order valence-electron chi connectivity index (χ2n) is 7.08. The van der Waals surface area contributed by atoms with Crippen molar-refractivity contribution >= 4 is 40.8 Å². The number of anilines is 1. The van der Waals surface area contributed by atoms with Gasteiger partial charge in [0.15, 0.2) is 0 Å². The van der Waals surface area contributed by atoms with Crippen LogP contribution in [-0.2, 0) is 4.79 Å². The van der Waals surface area contributed by atoms with Crippen molar-refractivity contribution in [2.45, 2.75) is 26.3 Å². The molecule has 1 aromatic carbocycles. The van der Waals surface area contributed by atoms with Gasteiger partial charge in [-0.15, -0.1) is 0 Å². The van der Waals surface area contributed by atoms with E-state index < -0.39 is 6.04 Å². The Bertz CT molecular complexity index is 742. The van der Waals surface area contributed by atoms with Crippen LogP contribution in [0.5, 0.6) is 0 Å². The molecule has 1 aliphatic rings. The van der Waals surface area contributed by atoms with E-state index in [1.54, 1.807) is 11.0 Å². The third-order valence-electron chi connectivity index (χ3n) is 4.50. The Morgan fingerprint density at radius 3 is 2.43 bits per heavy atom. The quantitative estimate of drug-likeness (QED) is 0.685. The van der Waals surface area contributed by atoms with Crippen LogP contribution in [0.25, 0.3) is 0 Å². The summed E-state index contributed by atoms with van der Waals surface area (Å²) in [6.07, 6.45) is 0.506. The molecule has 1 heterocycles. The van der Waals surface area contributed by atoms with Gasteiger partial charge in [-0.3, -0.25) is 4.79 Å². The molecule has 1 saturated heterocycles. The number of nitrogens with one attached hydrogen (secondary N) is 2. The molecule has 1 atom stereocenters. The molecule has 2 N–H and O–H groups in total. The van der Waals surface area contributed by atoms with E-state index in [0.717, 1.165) is 5.69 Å². The number of nitriles is 1. The molecule has 1 aliphatic heterocycles. The van der Waals surface area contributed by atoms with Crippen LogP contribution in [0.3, 0.4) is 0 Å². The van der Waals surface area contributed by atoms with E-state index in [1.165, 1.54) is 0 Å². The lowest BCUT2D eigenvalue weighted by Crippen LogP contribution is -2.56. The monoisotopic (exact) mass is 425 g/mol. The number of amides is 3. The van der Waals surface area contributed by atoms with Crippen LogP contribution in [0.15, 0.2) is 18.2 Å². The van der Waals surface area contributed by atoms with Gasteiger partial charge in [0.2, 0.25) is 5.91 Å². The Labute approximate surface area is 175 Å². The number of benzene rings is 1. The molecule has 152 valence electrons. The molecule has 0 spiro atoms. The summed E-state index contributed by atoms with van der Waals surface area (Å²) in [4.78, 5) is 28.7. The normalized spacial score (nSPS) is 15.1. The van der Waals surface area contributed by atoms with Crippen molar-refractivity contribution in [2.75, 3.05) is 37.6 Å². The van der Waals surface area contributed by atoms with Gasteiger partial charge in [-0.25, -0.2) is 4.79 Å². The number of piperazine rings is 1. The molecule has 0 aliphatic carbocycles. The van der Waals surface area contributed by atoms with Crippen molar-refractivity contribution in [2.24, 2.45) is 5.92 Å². The van der Waals surface area contributed by atoms with Crippen molar-refractivity contribution in [3.8, 4) is 6.07 Å². The Hall–Kier alpha value is -2.17. The number of hydrogen-bond donors (Lipinski definition) is 2. The number of halogens is 2. The first kappa shape index (κ1) is 22.1. The largest absolute Gasteiger partial charge is 0.368 e. The third-order valence-corrected chi connectivity index (χ3v) is 5.24. The zero-order valence-corrected chi connectivity index (χ0v) is 17.6. The van der Waals surface area contributed by atoms with Crippen LogP contribution >= 0.6 is 23.2 Å². The predicted octanol–water partition coefficient (Wildman–Crippen LogP) is 2.88. The third kappa shape index (κ3) is 6.18. The second kappa shape index (κ2) is 10.4. The standard InChI is InChI=1S/C19H25Cl2N5O2/c1-13(2)11-17(18(27)23-6-5-22)24-19(28)26-9-7-25(8-10-26)14-3-4-15(20)16(21)12-14/h3-4,12-13,17H,6-11H2,1-2H3,(H,23,27)(H,24,28)/t17-/m0/s1. The van der Waals surface area contributed by atoms with Crippen LogP contribution in [0.2, 0.25) is 10.0 Å². The van der Waals surface area contributed by atoms with Gasteiger partial charge in [0, 0.05) is 31.9 Å². The molecular weight excluding hydrogens is 401 g/mol. The van der Waals surface area contributed by atoms with E-state index in [4.69, 9.17) is 28.5 Å².